The smallest absolute Gasteiger partial charge is 0.324 e. The van der Waals surface area contributed by atoms with Gasteiger partial charge in [-0.05, 0) is 35.5 Å². The maximum absolute atomic E-state index is 13.7. The third-order valence-corrected chi connectivity index (χ3v) is 4.14. The molecule has 0 unspecified atom stereocenters. The summed E-state index contributed by atoms with van der Waals surface area (Å²) in [5.74, 6) is -1.06. The normalized spacial score (nSPS) is 11.5. The summed E-state index contributed by atoms with van der Waals surface area (Å²) in [5, 5.41) is 13.8. The zero-order chi connectivity index (χ0) is 20.3. The van der Waals surface area contributed by atoms with Crippen LogP contribution in [0.15, 0.2) is 46.9 Å². The van der Waals surface area contributed by atoms with Gasteiger partial charge in [-0.2, -0.15) is 18.0 Å². The topological polar surface area (TPSA) is 72.7 Å². The SMILES string of the molecule is O=C(CCn1nnc(-c2cccc(C(F)(F)F)c2)n1)Nc1ccc(Br)cc1F. The molecule has 28 heavy (non-hydrogen) atoms. The van der Waals surface area contributed by atoms with E-state index < -0.39 is 23.5 Å². The number of anilines is 1. The molecular formula is C17H12BrF4N5O. The monoisotopic (exact) mass is 457 g/mol. The Bertz CT molecular complexity index is 1010. The standard InChI is InChI=1S/C17H12BrF4N5O/c18-12-4-5-14(13(19)9-12)23-15(28)6-7-27-25-16(24-26-27)10-2-1-3-11(8-10)17(20,21)22/h1-5,8-9H,6-7H2,(H,23,28). The minimum atomic E-state index is -4.48. The lowest BCUT2D eigenvalue weighted by Gasteiger charge is -2.07. The summed E-state index contributed by atoms with van der Waals surface area (Å²) in [5.41, 5.74) is -0.635. The second-order valence-electron chi connectivity index (χ2n) is 5.71. The number of carbonyl (C=O) groups excluding carboxylic acids is 1. The maximum Gasteiger partial charge on any atom is 0.416 e. The first-order valence-corrected chi connectivity index (χ1v) is 8.72. The number of nitrogens with one attached hydrogen (secondary N) is 1. The number of nitrogens with zero attached hydrogens (tertiary/aromatic N) is 4. The third kappa shape index (κ3) is 4.91. The molecule has 3 aromatic rings. The molecule has 1 aromatic heterocycles. The summed E-state index contributed by atoms with van der Waals surface area (Å²) in [7, 11) is 0. The number of hydrogen-bond acceptors (Lipinski definition) is 4. The highest BCUT2D eigenvalue weighted by atomic mass is 79.9. The number of alkyl halides is 3. The Labute approximate surface area is 164 Å². The third-order valence-electron chi connectivity index (χ3n) is 3.65. The largest absolute Gasteiger partial charge is 0.416 e. The van der Waals surface area contributed by atoms with E-state index in [0.29, 0.717) is 4.47 Å². The number of rotatable bonds is 5. The Kier molecular flexibility index (Phi) is 5.73. The Morgan fingerprint density at radius 1 is 1.18 bits per heavy atom. The number of amides is 1. The first kappa shape index (κ1) is 19.9. The maximum atomic E-state index is 13.7. The van der Waals surface area contributed by atoms with Gasteiger partial charge in [-0.25, -0.2) is 4.39 Å². The van der Waals surface area contributed by atoms with Crippen LogP contribution in [0.3, 0.4) is 0 Å². The average Bonchev–Trinajstić information content (AvgIpc) is 3.11. The van der Waals surface area contributed by atoms with Crippen molar-refractivity contribution in [2.24, 2.45) is 0 Å². The summed E-state index contributed by atoms with van der Waals surface area (Å²) in [4.78, 5) is 13.0. The zero-order valence-electron chi connectivity index (χ0n) is 14.0. The molecule has 0 fully saturated rings. The lowest BCUT2D eigenvalue weighted by Crippen LogP contribution is -2.16. The van der Waals surface area contributed by atoms with Crippen molar-refractivity contribution in [1.29, 1.82) is 0 Å². The van der Waals surface area contributed by atoms with E-state index in [-0.39, 0.29) is 30.0 Å². The predicted molar refractivity (Wildman–Crippen MR) is 95.6 cm³/mol. The van der Waals surface area contributed by atoms with Gasteiger partial charge >= 0.3 is 6.18 Å². The van der Waals surface area contributed by atoms with Crippen molar-refractivity contribution in [1.82, 2.24) is 20.2 Å². The van der Waals surface area contributed by atoms with Crippen molar-refractivity contribution in [2.45, 2.75) is 19.1 Å². The van der Waals surface area contributed by atoms with Crippen LogP contribution in [-0.2, 0) is 17.5 Å². The minimum Gasteiger partial charge on any atom is -0.324 e. The number of benzene rings is 2. The van der Waals surface area contributed by atoms with Gasteiger partial charge in [0.1, 0.15) is 5.82 Å². The molecule has 146 valence electrons. The molecule has 0 aliphatic rings. The molecule has 0 aliphatic heterocycles. The van der Waals surface area contributed by atoms with Crippen LogP contribution in [0, 0.1) is 5.82 Å². The van der Waals surface area contributed by atoms with Crippen molar-refractivity contribution in [3.8, 4) is 11.4 Å². The van der Waals surface area contributed by atoms with Crippen LogP contribution in [-0.4, -0.2) is 26.1 Å². The van der Waals surface area contributed by atoms with E-state index in [1.54, 1.807) is 6.07 Å². The van der Waals surface area contributed by atoms with Gasteiger partial charge in [0.05, 0.1) is 17.8 Å². The number of tetrazole rings is 1. The van der Waals surface area contributed by atoms with Crippen LogP contribution in [0.4, 0.5) is 23.2 Å². The quantitative estimate of drug-likeness (QED) is 0.580. The van der Waals surface area contributed by atoms with Crippen molar-refractivity contribution < 1.29 is 22.4 Å². The Morgan fingerprint density at radius 2 is 1.96 bits per heavy atom. The number of aromatic nitrogens is 4. The van der Waals surface area contributed by atoms with Gasteiger partial charge in [0.25, 0.3) is 0 Å². The summed E-state index contributed by atoms with van der Waals surface area (Å²) < 4.78 is 52.6. The molecule has 0 aliphatic carbocycles. The van der Waals surface area contributed by atoms with Crippen LogP contribution < -0.4 is 5.32 Å². The highest BCUT2D eigenvalue weighted by Gasteiger charge is 2.30. The molecule has 0 radical (unpaired) electrons. The molecule has 6 nitrogen and oxygen atoms in total. The van der Waals surface area contributed by atoms with E-state index in [9.17, 15) is 22.4 Å². The predicted octanol–water partition coefficient (Wildman–Crippen LogP) is 4.29. The van der Waals surface area contributed by atoms with Gasteiger partial charge in [0.15, 0.2) is 0 Å². The molecule has 0 saturated heterocycles. The molecule has 3 rings (SSSR count). The van der Waals surface area contributed by atoms with Gasteiger partial charge in [-0.3, -0.25) is 4.79 Å². The lowest BCUT2D eigenvalue weighted by molar-refractivity contribution is -0.137. The zero-order valence-corrected chi connectivity index (χ0v) is 15.6. The second kappa shape index (κ2) is 8.05. The van der Waals surface area contributed by atoms with Crippen molar-refractivity contribution in [3.63, 3.8) is 0 Å². The van der Waals surface area contributed by atoms with Crippen LogP contribution in [0.25, 0.3) is 11.4 Å². The Morgan fingerprint density at radius 3 is 2.68 bits per heavy atom. The van der Waals surface area contributed by atoms with Crippen LogP contribution >= 0.6 is 15.9 Å². The number of halogens is 5. The fourth-order valence-corrected chi connectivity index (χ4v) is 2.63. The minimum absolute atomic E-state index is 0.00506. The molecule has 0 spiro atoms. The first-order chi connectivity index (χ1) is 13.2. The fourth-order valence-electron chi connectivity index (χ4n) is 2.29. The molecule has 2 aromatic carbocycles. The van der Waals surface area contributed by atoms with Crippen molar-refractivity contribution >= 4 is 27.5 Å². The van der Waals surface area contributed by atoms with Crippen molar-refractivity contribution in [3.05, 3.63) is 58.3 Å². The van der Waals surface area contributed by atoms with Gasteiger partial charge in [0.2, 0.25) is 11.7 Å². The summed E-state index contributed by atoms with van der Waals surface area (Å²) in [6.07, 6.45) is -4.56. The average molecular weight is 458 g/mol. The number of aryl methyl sites for hydroxylation is 1. The molecular weight excluding hydrogens is 446 g/mol. The summed E-state index contributed by atoms with van der Waals surface area (Å²) in [6.45, 7) is 0.0238. The molecule has 0 bridgehead atoms. The van der Waals surface area contributed by atoms with Gasteiger partial charge in [0, 0.05) is 16.5 Å². The highest BCUT2D eigenvalue weighted by molar-refractivity contribution is 9.10. The summed E-state index contributed by atoms with van der Waals surface area (Å²) in [6, 6.07) is 8.76. The van der Waals surface area contributed by atoms with E-state index in [1.165, 1.54) is 24.3 Å². The first-order valence-electron chi connectivity index (χ1n) is 7.93. The number of hydrogen-bond donors (Lipinski definition) is 1. The van der Waals surface area contributed by atoms with Crippen molar-refractivity contribution in [2.75, 3.05) is 5.32 Å². The Balaban J connectivity index is 1.63. The second-order valence-corrected chi connectivity index (χ2v) is 6.63. The molecule has 0 saturated carbocycles. The number of carbonyl (C=O) groups is 1. The summed E-state index contributed by atoms with van der Waals surface area (Å²) >= 11 is 3.12. The van der Waals surface area contributed by atoms with E-state index in [2.05, 4.69) is 36.7 Å². The lowest BCUT2D eigenvalue weighted by atomic mass is 10.1. The van der Waals surface area contributed by atoms with Crippen LogP contribution in [0.5, 0.6) is 0 Å². The van der Waals surface area contributed by atoms with E-state index in [1.807, 2.05) is 0 Å². The Hall–Kier alpha value is -2.82. The van der Waals surface area contributed by atoms with Gasteiger partial charge in [-0.15, -0.1) is 10.2 Å². The highest BCUT2D eigenvalue weighted by Crippen LogP contribution is 2.31. The van der Waals surface area contributed by atoms with Crippen LogP contribution in [0.1, 0.15) is 12.0 Å². The van der Waals surface area contributed by atoms with E-state index in [4.69, 9.17) is 0 Å². The van der Waals surface area contributed by atoms with Crippen LogP contribution in [0.2, 0.25) is 0 Å². The molecule has 1 heterocycles. The molecule has 0 atom stereocenters. The van der Waals surface area contributed by atoms with E-state index >= 15 is 0 Å². The molecule has 11 heteroatoms. The van der Waals surface area contributed by atoms with Gasteiger partial charge in [-0.1, -0.05) is 28.1 Å². The fraction of sp³-hybridized carbons (Fsp3) is 0.176. The molecule has 1 amide bonds. The van der Waals surface area contributed by atoms with Gasteiger partial charge < -0.3 is 5.32 Å². The molecule has 1 N–H and O–H groups in total. The van der Waals surface area contributed by atoms with E-state index in [0.717, 1.165) is 16.9 Å².